The van der Waals surface area contributed by atoms with E-state index >= 15 is 0 Å². The first-order valence-electron chi connectivity index (χ1n) is 7.21. The molecule has 0 spiro atoms. The van der Waals surface area contributed by atoms with Gasteiger partial charge in [0.05, 0.1) is 6.26 Å². The summed E-state index contributed by atoms with van der Waals surface area (Å²) in [5.41, 5.74) is 1.20. The van der Waals surface area contributed by atoms with Gasteiger partial charge < -0.3 is 9.73 Å². The number of amides is 1. The van der Waals surface area contributed by atoms with Gasteiger partial charge in [-0.2, -0.15) is 0 Å². The van der Waals surface area contributed by atoms with Crippen LogP contribution in [0.4, 0.5) is 5.13 Å². The second-order valence-corrected chi connectivity index (χ2v) is 7.00. The molecule has 23 heavy (non-hydrogen) atoms. The summed E-state index contributed by atoms with van der Waals surface area (Å²) in [5.74, 6) is 0.761. The van der Waals surface area contributed by atoms with Gasteiger partial charge in [-0.05, 0) is 23.8 Å². The number of aryl methyl sites for hydroxylation is 1. The van der Waals surface area contributed by atoms with Gasteiger partial charge in [0, 0.05) is 34.8 Å². The molecular weight excluding hydrogens is 376 g/mol. The average molecular weight is 391 g/mol. The standard InChI is InChI=1S/C17H15BrN2O2S/c18-15-6-2-1-4-12(15)10-14-11-19-17(23-14)20-16(21)8-7-13-5-3-9-22-13/h1-6,9,11H,7-8,10H2,(H,19,20,21). The van der Waals surface area contributed by atoms with Crippen LogP contribution in [0.15, 0.2) is 57.7 Å². The summed E-state index contributed by atoms with van der Waals surface area (Å²) in [6, 6.07) is 11.8. The van der Waals surface area contributed by atoms with Crippen LogP contribution in [0.25, 0.3) is 0 Å². The molecule has 118 valence electrons. The SMILES string of the molecule is O=C(CCc1ccco1)Nc1ncc(Cc2ccccc2Br)s1. The number of benzene rings is 1. The highest BCUT2D eigenvalue weighted by atomic mass is 79.9. The summed E-state index contributed by atoms with van der Waals surface area (Å²) in [6.07, 6.45) is 5.19. The van der Waals surface area contributed by atoms with Crippen molar-refractivity contribution in [1.82, 2.24) is 4.98 Å². The number of anilines is 1. The minimum atomic E-state index is -0.0526. The second-order valence-electron chi connectivity index (χ2n) is 5.03. The Kier molecular flexibility index (Phi) is 5.25. The molecule has 0 atom stereocenters. The van der Waals surface area contributed by atoms with Crippen molar-refractivity contribution in [3.8, 4) is 0 Å². The van der Waals surface area contributed by atoms with Crippen LogP contribution in [0.2, 0.25) is 0 Å². The molecule has 1 aromatic carbocycles. The Bertz CT molecular complexity index is 784. The topological polar surface area (TPSA) is 55.1 Å². The van der Waals surface area contributed by atoms with Crippen LogP contribution in [0.1, 0.15) is 22.6 Å². The third-order valence-electron chi connectivity index (χ3n) is 3.30. The van der Waals surface area contributed by atoms with E-state index < -0.39 is 0 Å². The molecule has 3 aromatic rings. The van der Waals surface area contributed by atoms with Gasteiger partial charge in [-0.1, -0.05) is 34.1 Å². The van der Waals surface area contributed by atoms with Gasteiger partial charge in [0.15, 0.2) is 5.13 Å². The van der Waals surface area contributed by atoms with Gasteiger partial charge in [-0.3, -0.25) is 4.79 Å². The van der Waals surface area contributed by atoms with Crippen LogP contribution in [-0.2, 0) is 17.6 Å². The molecule has 0 bridgehead atoms. The third kappa shape index (κ3) is 4.53. The molecule has 0 saturated carbocycles. The fraction of sp³-hybridized carbons (Fsp3) is 0.176. The quantitative estimate of drug-likeness (QED) is 0.665. The van der Waals surface area contributed by atoms with Gasteiger partial charge in [0.1, 0.15) is 5.76 Å². The summed E-state index contributed by atoms with van der Waals surface area (Å²) in [4.78, 5) is 17.3. The van der Waals surface area contributed by atoms with Crippen molar-refractivity contribution in [3.63, 3.8) is 0 Å². The van der Waals surface area contributed by atoms with E-state index in [1.807, 2.05) is 36.5 Å². The number of rotatable bonds is 6. The van der Waals surface area contributed by atoms with E-state index in [1.165, 1.54) is 16.9 Å². The van der Waals surface area contributed by atoms with Crippen LogP contribution in [0.5, 0.6) is 0 Å². The lowest BCUT2D eigenvalue weighted by atomic mass is 10.1. The maximum Gasteiger partial charge on any atom is 0.226 e. The molecule has 0 aliphatic carbocycles. The molecule has 0 radical (unpaired) electrons. The molecule has 1 amide bonds. The Labute approximate surface area is 146 Å². The molecule has 2 heterocycles. The van der Waals surface area contributed by atoms with Crippen molar-refractivity contribution in [1.29, 1.82) is 0 Å². The Morgan fingerprint density at radius 3 is 2.91 bits per heavy atom. The Morgan fingerprint density at radius 2 is 2.13 bits per heavy atom. The fourth-order valence-corrected chi connectivity index (χ4v) is 3.43. The minimum absolute atomic E-state index is 0.0526. The predicted octanol–water partition coefficient (Wildman–Crippen LogP) is 4.66. The average Bonchev–Trinajstić information content (AvgIpc) is 3.19. The molecule has 0 unspecified atom stereocenters. The summed E-state index contributed by atoms with van der Waals surface area (Å²) in [6.45, 7) is 0. The molecule has 1 N–H and O–H groups in total. The van der Waals surface area contributed by atoms with Gasteiger partial charge >= 0.3 is 0 Å². The van der Waals surface area contributed by atoms with Gasteiger partial charge in [0.25, 0.3) is 0 Å². The van der Waals surface area contributed by atoms with Crippen molar-refractivity contribution in [2.24, 2.45) is 0 Å². The van der Waals surface area contributed by atoms with Crippen LogP contribution in [-0.4, -0.2) is 10.9 Å². The zero-order valence-electron chi connectivity index (χ0n) is 12.3. The normalized spacial score (nSPS) is 10.7. The number of nitrogens with zero attached hydrogens (tertiary/aromatic N) is 1. The summed E-state index contributed by atoms with van der Waals surface area (Å²) in [5, 5.41) is 3.48. The van der Waals surface area contributed by atoms with Crippen molar-refractivity contribution < 1.29 is 9.21 Å². The highest BCUT2D eigenvalue weighted by molar-refractivity contribution is 9.10. The van der Waals surface area contributed by atoms with Crippen molar-refractivity contribution >= 4 is 38.3 Å². The number of hydrogen-bond donors (Lipinski definition) is 1. The van der Waals surface area contributed by atoms with E-state index in [9.17, 15) is 4.79 Å². The number of hydrogen-bond acceptors (Lipinski definition) is 4. The summed E-state index contributed by atoms with van der Waals surface area (Å²) in [7, 11) is 0. The third-order valence-corrected chi connectivity index (χ3v) is 4.99. The smallest absolute Gasteiger partial charge is 0.226 e. The van der Waals surface area contributed by atoms with Gasteiger partial charge in [-0.15, -0.1) is 11.3 Å². The number of thiazole rings is 1. The summed E-state index contributed by atoms with van der Waals surface area (Å²) < 4.78 is 6.30. The first-order valence-corrected chi connectivity index (χ1v) is 8.82. The van der Waals surface area contributed by atoms with Crippen molar-refractivity contribution in [2.45, 2.75) is 19.3 Å². The number of aromatic nitrogens is 1. The maximum absolute atomic E-state index is 11.9. The van der Waals surface area contributed by atoms with Gasteiger partial charge in [-0.25, -0.2) is 4.98 Å². The van der Waals surface area contributed by atoms with E-state index in [4.69, 9.17) is 4.42 Å². The van der Waals surface area contributed by atoms with Gasteiger partial charge in [0.2, 0.25) is 5.91 Å². The Hall–Kier alpha value is -1.92. The Balaban J connectivity index is 1.54. The lowest BCUT2D eigenvalue weighted by molar-refractivity contribution is -0.116. The highest BCUT2D eigenvalue weighted by Crippen LogP contribution is 2.25. The highest BCUT2D eigenvalue weighted by Gasteiger charge is 2.09. The molecule has 0 aliphatic rings. The zero-order chi connectivity index (χ0) is 16.1. The van der Waals surface area contributed by atoms with E-state index in [0.717, 1.165) is 21.5 Å². The molecule has 0 aliphatic heterocycles. The fourth-order valence-electron chi connectivity index (χ4n) is 2.15. The van der Waals surface area contributed by atoms with Crippen LogP contribution in [0.3, 0.4) is 0 Å². The lowest BCUT2D eigenvalue weighted by Crippen LogP contribution is -2.11. The number of carbonyl (C=O) groups is 1. The predicted molar refractivity (Wildman–Crippen MR) is 94.7 cm³/mol. The van der Waals surface area contributed by atoms with Crippen molar-refractivity contribution in [2.75, 3.05) is 5.32 Å². The number of halogens is 1. The maximum atomic E-state index is 11.9. The first kappa shape index (κ1) is 16.0. The largest absolute Gasteiger partial charge is 0.469 e. The van der Waals surface area contributed by atoms with Crippen LogP contribution in [0, 0.1) is 0 Å². The second kappa shape index (κ2) is 7.57. The monoisotopic (exact) mass is 390 g/mol. The van der Waals surface area contributed by atoms with Crippen LogP contribution < -0.4 is 5.32 Å². The molecule has 0 fully saturated rings. The molecule has 6 heteroatoms. The number of furan rings is 1. The van der Waals surface area contributed by atoms with Crippen molar-refractivity contribution in [3.05, 3.63) is 69.5 Å². The first-order chi connectivity index (χ1) is 11.2. The van der Waals surface area contributed by atoms with E-state index in [-0.39, 0.29) is 5.91 Å². The summed E-state index contributed by atoms with van der Waals surface area (Å²) >= 11 is 5.05. The van der Waals surface area contributed by atoms with E-state index in [2.05, 4.69) is 32.3 Å². The minimum Gasteiger partial charge on any atom is -0.469 e. The number of carbonyl (C=O) groups excluding carboxylic acids is 1. The molecule has 2 aromatic heterocycles. The lowest BCUT2D eigenvalue weighted by Gasteiger charge is -2.01. The molecular formula is C17H15BrN2O2S. The van der Waals surface area contributed by atoms with E-state index in [0.29, 0.717) is 18.0 Å². The van der Waals surface area contributed by atoms with Crippen LogP contribution >= 0.6 is 27.3 Å². The molecule has 0 saturated heterocycles. The molecule has 4 nitrogen and oxygen atoms in total. The Morgan fingerprint density at radius 1 is 1.26 bits per heavy atom. The number of nitrogens with one attached hydrogen (secondary N) is 1. The van der Waals surface area contributed by atoms with E-state index in [1.54, 1.807) is 6.26 Å². The molecule has 3 rings (SSSR count). The zero-order valence-corrected chi connectivity index (χ0v) is 14.7.